The molecule has 1 aliphatic carbocycles. The first-order valence-corrected chi connectivity index (χ1v) is 11.1. The van der Waals surface area contributed by atoms with Crippen molar-refractivity contribution in [1.29, 1.82) is 0 Å². The highest BCUT2D eigenvalue weighted by Gasteiger charge is 2.20. The molecule has 8 heteroatoms. The SMILES string of the molecule is CC(C)NCC(O)COc1ccc(CCOCC2CC2)cc1.CS(=O)(=O)O. The van der Waals surface area contributed by atoms with Gasteiger partial charge in [-0.25, -0.2) is 0 Å². The van der Waals surface area contributed by atoms with Crippen molar-refractivity contribution < 1.29 is 27.6 Å². The Bertz CT molecular complexity index is 606. The van der Waals surface area contributed by atoms with Crippen molar-refractivity contribution in [2.45, 2.75) is 45.3 Å². The normalized spacial score (nSPS) is 15.2. The molecule has 2 rings (SSSR count). The van der Waals surface area contributed by atoms with Gasteiger partial charge in [0.2, 0.25) is 0 Å². The fraction of sp³-hybridized carbons (Fsp3) is 0.684. The molecule has 1 fully saturated rings. The van der Waals surface area contributed by atoms with E-state index in [9.17, 15) is 13.5 Å². The van der Waals surface area contributed by atoms with E-state index < -0.39 is 16.2 Å². The summed E-state index contributed by atoms with van der Waals surface area (Å²) in [5.41, 5.74) is 1.25. The van der Waals surface area contributed by atoms with Crippen LogP contribution in [0.4, 0.5) is 0 Å². The molecule has 3 N–H and O–H groups in total. The minimum Gasteiger partial charge on any atom is -0.491 e. The van der Waals surface area contributed by atoms with E-state index in [4.69, 9.17) is 14.0 Å². The second-order valence-corrected chi connectivity index (χ2v) is 8.64. The van der Waals surface area contributed by atoms with Crippen LogP contribution in [-0.2, 0) is 21.3 Å². The predicted molar refractivity (Wildman–Crippen MR) is 106 cm³/mol. The number of hydrogen-bond donors (Lipinski definition) is 3. The highest BCUT2D eigenvalue weighted by molar-refractivity contribution is 7.85. The van der Waals surface area contributed by atoms with Gasteiger partial charge in [0.05, 0.1) is 12.9 Å². The Morgan fingerprint density at radius 2 is 1.81 bits per heavy atom. The van der Waals surface area contributed by atoms with E-state index in [-0.39, 0.29) is 0 Å². The van der Waals surface area contributed by atoms with Crippen molar-refractivity contribution >= 4 is 10.1 Å². The van der Waals surface area contributed by atoms with Crippen molar-refractivity contribution in [3.05, 3.63) is 29.8 Å². The molecule has 156 valence electrons. The quantitative estimate of drug-likeness (QED) is 0.383. The number of rotatable bonds is 11. The molecule has 0 radical (unpaired) electrons. The van der Waals surface area contributed by atoms with Crippen molar-refractivity contribution in [2.75, 3.05) is 32.6 Å². The van der Waals surface area contributed by atoms with Crippen LogP contribution in [0.25, 0.3) is 0 Å². The first-order chi connectivity index (χ1) is 12.6. The van der Waals surface area contributed by atoms with Crippen LogP contribution in [0.3, 0.4) is 0 Å². The molecule has 1 saturated carbocycles. The minimum absolute atomic E-state index is 0.309. The van der Waals surface area contributed by atoms with Crippen LogP contribution in [0.2, 0.25) is 0 Å². The Hall–Kier alpha value is -1.19. The Morgan fingerprint density at radius 1 is 1.22 bits per heavy atom. The maximum absolute atomic E-state index is 9.80. The van der Waals surface area contributed by atoms with Crippen molar-refractivity contribution in [1.82, 2.24) is 5.32 Å². The number of ether oxygens (including phenoxy) is 2. The average molecular weight is 404 g/mol. The van der Waals surface area contributed by atoms with E-state index in [1.807, 2.05) is 12.1 Å². The summed E-state index contributed by atoms with van der Waals surface area (Å²) in [5, 5.41) is 13.0. The lowest BCUT2D eigenvalue weighted by Gasteiger charge is -2.15. The van der Waals surface area contributed by atoms with Gasteiger partial charge in [0.15, 0.2) is 0 Å². The molecule has 0 saturated heterocycles. The summed E-state index contributed by atoms with van der Waals surface area (Å²) >= 11 is 0. The second-order valence-electron chi connectivity index (χ2n) is 7.17. The first kappa shape index (κ1) is 23.8. The fourth-order valence-electron chi connectivity index (χ4n) is 2.10. The molecule has 0 spiro atoms. The van der Waals surface area contributed by atoms with E-state index in [0.29, 0.717) is 25.4 Å². The molecule has 1 aromatic rings. The van der Waals surface area contributed by atoms with E-state index in [1.165, 1.54) is 18.4 Å². The van der Waals surface area contributed by atoms with E-state index in [2.05, 4.69) is 31.3 Å². The van der Waals surface area contributed by atoms with Crippen LogP contribution in [-0.4, -0.2) is 62.8 Å². The van der Waals surface area contributed by atoms with Gasteiger partial charge >= 0.3 is 0 Å². The topological polar surface area (TPSA) is 105 Å². The fourth-order valence-corrected chi connectivity index (χ4v) is 2.10. The summed E-state index contributed by atoms with van der Waals surface area (Å²) < 4.78 is 37.1. The van der Waals surface area contributed by atoms with Gasteiger partial charge in [0.1, 0.15) is 18.5 Å². The van der Waals surface area contributed by atoms with Gasteiger partial charge in [0.25, 0.3) is 10.1 Å². The molecule has 1 unspecified atom stereocenters. The lowest BCUT2D eigenvalue weighted by molar-refractivity contribution is 0.104. The average Bonchev–Trinajstić information content (AvgIpc) is 3.39. The zero-order valence-electron chi connectivity index (χ0n) is 16.4. The maximum Gasteiger partial charge on any atom is 0.261 e. The van der Waals surface area contributed by atoms with Gasteiger partial charge in [-0.3, -0.25) is 4.55 Å². The van der Waals surface area contributed by atoms with Crippen molar-refractivity contribution in [3.8, 4) is 5.75 Å². The number of nitrogens with one attached hydrogen (secondary N) is 1. The number of aliphatic hydroxyl groups excluding tert-OH is 1. The molecule has 27 heavy (non-hydrogen) atoms. The monoisotopic (exact) mass is 403 g/mol. The molecule has 7 nitrogen and oxygen atoms in total. The maximum atomic E-state index is 9.80. The minimum atomic E-state index is -3.67. The van der Waals surface area contributed by atoms with Crippen LogP contribution in [0, 0.1) is 5.92 Å². The molecule has 0 bridgehead atoms. The van der Waals surface area contributed by atoms with E-state index >= 15 is 0 Å². The molecule has 0 heterocycles. The number of hydrogen-bond acceptors (Lipinski definition) is 6. The van der Waals surface area contributed by atoms with Gasteiger partial charge in [-0.2, -0.15) is 8.42 Å². The molecule has 1 aromatic carbocycles. The highest BCUT2D eigenvalue weighted by Crippen LogP contribution is 2.28. The Morgan fingerprint density at radius 3 is 2.33 bits per heavy atom. The molecule has 1 aliphatic rings. The van der Waals surface area contributed by atoms with Gasteiger partial charge < -0.3 is 19.9 Å². The zero-order chi connectivity index (χ0) is 20.3. The van der Waals surface area contributed by atoms with Crippen LogP contribution in [0.1, 0.15) is 32.3 Å². The smallest absolute Gasteiger partial charge is 0.261 e. The van der Waals surface area contributed by atoms with Crippen LogP contribution in [0.5, 0.6) is 5.75 Å². The van der Waals surface area contributed by atoms with Gasteiger partial charge in [-0.15, -0.1) is 0 Å². The molecule has 0 amide bonds. The third-order valence-corrected chi connectivity index (χ3v) is 3.71. The third-order valence-electron chi connectivity index (χ3n) is 3.71. The Balaban J connectivity index is 0.000000646. The largest absolute Gasteiger partial charge is 0.491 e. The molecule has 0 aliphatic heterocycles. The zero-order valence-corrected chi connectivity index (χ0v) is 17.2. The summed E-state index contributed by atoms with van der Waals surface area (Å²) in [7, 11) is -3.67. The summed E-state index contributed by atoms with van der Waals surface area (Å²) in [6, 6.07) is 8.41. The van der Waals surface area contributed by atoms with Crippen LogP contribution in [0.15, 0.2) is 24.3 Å². The Kier molecular flexibility index (Phi) is 10.9. The molecule has 0 aromatic heterocycles. The number of aliphatic hydroxyl groups is 1. The van der Waals surface area contributed by atoms with Crippen molar-refractivity contribution in [2.24, 2.45) is 5.92 Å². The standard InChI is InChI=1S/C18H29NO3.CH4O3S/c1-14(2)19-11-17(20)13-22-18-7-5-15(6-8-18)9-10-21-12-16-3-4-16;1-5(2,3)4/h5-8,14,16-17,19-20H,3-4,9-13H2,1-2H3;1H3,(H,2,3,4). The van der Waals surface area contributed by atoms with Gasteiger partial charge in [-0.1, -0.05) is 26.0 Å². The Labute approximate surface area is 162 Å². The predicted octanol–water partition coefficient (Wildman–Crippen LogP) is 1.90. The molecule has 1 atom stereocenters. The van der Waals surface area contributed by atoms with E-state index in [0.717, 1.165) is 31.3 Å². The van der Waals surface area contributed by atoms with E-state index in [1.54, 1.807) is 0 Å². The first-order valence-electron chi connectivity index (χ1n) is 9.27. The number of benzene rings is 1. The lowest BCUT2D eigenvalue weighted by atomic mass is 10.1. The van der Waals surface area contributed by atoms with Gasteiger partial charge in [-0.05, 0) is 42.9 Å². The van der Waals surface area contributed by atoms with Crippen molar-refractivity contribution in [3.63, 3.8) is 0 Å². The lowest BCUT2D eigenvalue weighted by Crippen LogP contribution is -2.35. The third kappa shape index (κ3) is 15.6. The highest BCUT2D eigenvalue weighted by atomic mass is 32.2. The summed E-state index contributed by atoms with van der Waals surface area (Å²) in [5.74, 6) is 1.62. The summed E-state index contributed by atoms with van der Waals surface area (Å²) in [6.45, 7) is 6.68. The summed E-state index contributed by atoms with van der Waals surface area (Å²) in [4.78, 5) is 0. The summed E-state index contributed by atoms with van der Waals surface area (Å²) in [6.07, 6.45) is 3.84. The van der Waals surface area contributed by atoms with Gasteiger partial charge in [0, 0.05) is 19.2 Å². The van der Waals surface area contributed by atoms with Crippen LogP contribution >= 0.6 is 0 Å². The molecular weight excluding hydrogens is 370 g/mol. The van der Waals surface area contributed by atoms with Crippen LogP contribution < -0.4 is 10.1 Å². The molecular formula is C19H33NO6S. The second kappa shape index (κ2) is 12.3.